The summed E-state index contributed by atoms with van der Waals surface area (Å²) < 4.78 is 51.0. The maximum Gasteiger partial charge on any atom is 0.419 e. The van der Waals surface area contributed by atoms with Crippen molar-refractivity contribution in [3.05, 3.63) is 34.6 Å². The second-order valence-corrected chi connectivity index (χ2v) is 3.45. The SMILES string of the molecule is Cc1cc(C=NNC(N)=O)c(F)c(C(F)(F)F)c1. The van der Waals surface area contributed by atoms with Crippen molar-refractivity contribution >= 4 is 12.2 Å². The molecule has 0 atom stereocenters. The zero-order valence-corrected chi connectivity index (χ0v) is 9.18. The minimum Gasteiger partial charge on any atom is -0.350 e. The second kappa shape index (κ2) is 5.03. The Bertz CT molecular complexity index is 497. The van der Waals surface area contributed by atoms with Gasteiger partial charge >= 0.3 is 12.2 Å². The number of hydrogen-bond acceptors (Lipinski definition) is 2. The predicted molar refractivity (Wildman–Crippen MR) is 56.5 cm³/mol. The summed E-state index contributed by atoms with van der Waals surface area (Å²) in [6, 6.07) is 0.848. The molecule has 0 unspecified atom stereocenters. The minimum absolute atomic E-state index is 0.212. The molecule has 0 radical (unpaired) electrons. The fourth-order valence-electron chi connectivity index (χ4n) is 1.26. The summed E-state index contributed by atoms with van der Waals surface area (Å²) in [7, 11) is 0. The van der Waals surface area contributed by atoms with Gasteiger partial charge in [-0.15, -0.1) is 0 Å². The highest BCUT2D eigenvalue weighted by Crippen LogP contribution is 2.32. The van der Waals surface area contributed by atoms with Crippen LogP contribution >= 0.6 is 0 Å². The van der Waals surface area contributed by atoms with E-state index in [1.807, 2.05) is 0 Å². The second-order valence-electron chi connectivity index (χ2n) is 3.45. The van der Waals surface area contributed by atoms with E-state index in [1.54, 1.807) is 5.43 Å². The van der Waals surface area contributed by atoms with Crippen LogP contribution in [-0.2, 0) is 6.18 Å². The summed E-state index contributed by atoms with van der Waals surface area (Å²) in [5, 5.41) is 3.21. The number of halogens is 4. The highest BCUT2D eigenvalue weighted by Gasteiger charge is 2.35. The fourth-order valence-corrected chi connectivity index (χ4v) is 1.26. The Kier molecular flexibility index (Phi) is 3.89. The maximum atomic E-state index is 13.5. The molecule has 1 aromatic rings. The molecule has 0 aliphatic heterocycles. The van der Waals surface area contributed by atoms with Gasteiger partial charge < -0.3 is 5.73 Å². The molecule has 18 heavy (non-hydrogen) atoms. The first kappa shape index (κ1) is 13.9. The van der Waals surface area contributed by atoms with Crippen LogP contribution in [0.5, 0.6) is 0 Å². The third kappa shape index (κ3) is 3.44. The lowest BCUT2D eigenvalue weighted by atomic mass is 10.1. The van der Waals surface area contributed by atoms with Crippen molar-refractivity contribution in [3.8, 4) is 0 Å². The lowest BCUT2D eigenvalue weighted by Crippen LogP contribution is -2.24. The number of nitrogens with two attached hydrogens (primary N) is 1. The van der Waals surface area contributed by atoms with E-state index in [1.165, 1.54) is 6.92 Å². The predicted octanol–water partition coefficient (Wildman–Crippen LogP) is 2.16. The molecule has 0 aliphatic carbocycles. The van der Waals surface area contributed by atoms with E-state index in [-0.39, 0.29) is 5.56 Å². The molecule has 1 rings (SSSR count). The van der Waals surface area contributed by atoms with Gasteiger partial charge in [0.25, 0.3) is 0 Å². The molecule has 0 fully saturated rings. The highest BCUT2D eigenvalue weighted by molar-refractivity contribution is 5.82. The van der Waals surface area contributed by atoms with Crippen molar-refractivity contribution in [1.29, 1.82) is 0 Å². The largest absolute Gasteiger partial charge is 0.419 e. The summed E-state index contributed by atoms with van der Waals surface area (Å²) in [4.78, 5) is 10.3. The molecule has 2 amide bonds. The Morgan fingerprint density at radius 2 is 2.06 bits per heavy atom. The third-order valence-corrected chi connectivity index (χ3v) is 1.93. The van der Waals surface area contributed by atoms with E-state index in [4.69, 9.17) is 0 Å². The van der Waals surface area contributed by atoms with Crippen LogP contribution in [0.15, 0.2) is 17.2 Å². The Morgan fingerprint density at radius 1 is 1.44 bits per heavy atom. The van der Waals surface area contributed by atoms with Crippen LogP contribution in [0, 0.1) is 12.7 Å². The summed E-state index contributed by atoms with van der Waals surface area (Å²) in [5.74, 6) is -1.46. The van der Waals surface area contributed by atoms with E-state index in [2.05, 4.69) is 10.8 Å². The Balaban J connectivity index is 3.17. The van der Waals surface area contributed by atoms with E-state index in [9.17, 15) is 22.4 Å². The van der Waals surface area contributed by atoms with Crippen LogP contribution in [0.1, 0.15) is 16.7 Å². The molecule has 0 aromatic heterocycles. The number of aryl methyl sites for hydroxylation is 1. The number of primary amides is 1. The molecule has 0 bridgehead atoms. The van der Waals surface area contributed by atoms with Crippen LogP contribution in [0.25, 0.3) is 0 Å². The Morgan fingerprint density at radius 3 is 2.56 bits per heavy atom. The van der Waals surface area contributed by atoms with Gasteiger partial charge in [-0.05, 0) is 24.6 Å². The molecule has 0 saturated heterocycles. The van der Waals surface area contributed by atoms with Crippen molar-refractivity contribution in [2.75, 3.05) is 0 Å². The first-order valence-corrected chi connectivity index (χ1v) is 4.67. The molecule has 8 heteroatoms. The fraction of sp³-hybridized carbons (Fsp3) is 0.200. The number of nitrogens with zero attached hydrogens (tertiary/aromatic N) is 1. The topological polar surface area (TPSA) is 67.5 Å². The van der Waals surface area contributed by atoms with Gasteiger partial charge in [-0.3, -0.25) is 0 Å². The number of nitrogens with one attached hydrogen (secondary N) is 1. The van der Waals surface area contributed by atoms with Crippen LogP contribution in [0.4, 0.5) is 22.4 Å². The molecule has 98 valence electrons. The Hall–Kier alpha value is -2.12. The number of hydrazone groups is 1. The average molecular weight is 263 g/mol. The van der Waals surface area contributed by atoms with Crippen molar-refractivity contribution < 1.29 is 22.4 Å². The third-order valence-electron chi connectivity index (χ3n) is 1.93. The van der Waals surface area contributed by atoms with E-state index >= 15 is 0 Å². The molecular weight excluding hydrogens is 254 g/mol. The van der Waals surface area contributed by atoms with Gasteiger partial charge in [0.1, 0.15) is 5.82 Å². The maximum absolute atomic E-state index is 13.5. The lowest BCUT2D eigenvalue weighted by Gasteiger charge is -2.10. The minimum atomic E-state index is -4.80. The van der Waals surface area contributed by atoms with E-state index in [0.717, 1.165) is 12.3 Å². The number of carbonyl (C=O) groups is 1. The molecule has 0 heterocycles. The Labute approximate surface area is 99.5 Å². The van der Waals surface area contributed by atoms with Gasteiger partial charge in [-0.2, -0.15) is 18.3 Å². The molecule has 1 aromatic carbocycles. The van der Waals surface area contributed by atoms with Crippen molar-refractivity contribution in [1.82, 2.24) is 5.43 Å². The smallest absolute Gasteiger partial charge is 0.350 e. The number of urea groups is 1. The van der Waals surface area contributed by atoms with E-state index in [0.29, 0.717) is 6.07 Å². The monoisotopic (exact) mass is 263 g/mol. The van der Waals surface area contributed by atoms with Gasteiger partial charge in [0.05, 0.1) is 11.8 Å². The van der Waals surface area contributed by atoms with Crippen molar-refractivity contribution in [2.45, 2.75) is 13.1 Å². The first-order chi connectivity index (χ1) is 8.21. The molecule has 4 nitrogen and oxygen atoms in total. The van der Waals surface area contributed by atoms with Crippen molar-refractivity contribution in [2.24, 2.45) is 10.8 Å². The highest BCUT2D eigenvalue weighted by atomic mass is 19.4. The summed E-state index contributed by atoms with van der Waals surface area (Å²) >= 11 is 0. The number of rotatable bonds is 2. The number of benzene rings is 1. The van der Waals surface area contributed by atoms with Gasteiger partial charge in [-0.1, -0.05) is 0 Å². The molecule has 0 spiro atoms. The number of hydrogen-bond donors (Lipinski definition) is 2. The van der Waals surface area contributed by atoms with Crippen LogP contribution in [0.2, 0.25) is 0 Å². The first-order valence-electron chi connectivity index (χ1n) is 4.67. The van der Waals surface area contributed by atoms with Crippen LogP contribution in [0.3, 0.4) is 0 Å². The summed E-state index contributed by atoms with van der Waals surface area (Å²) in [6.07, 6.45) is -4.04. The van der Waals surface area contributed by atoms with Gasteiger partial charge in [0.2, 0.25) is 0 Å². The number of amides is 2. The van der Waals surface area contributed by atoms with Crippen molar-refractivity contribution in [3.63, 3.8) is 0 Å². The van der Waals surface area contributed by atoms with Crippen LogP contribution < -0.4 is 11.2 Å². The zero-order valence-electron chi connectivity index (χ0n) is 9.18. The number of alkyl halides is 3. The zero-order chi connectivity index (χ0) is 13.9. The normalized spacial score (nSPS) is 11.8. The van der Waals surface area contributed by atoms with Crippen LogP contribution in [-0.4, -0.2) is 12.2 Å². The van der Waals surface area contributed by atoms with E-state index < -0.39 is 29.2 Å². The van der Waals surface area contributed by atoms with Gasteiger partial charge in [0, 0.05) is 5.56 Å². The molecule has 0 aliphatic rings. The molecule has 0 saturated carbocycles. The quantitative estimate of drug-likeness (QED) is 0.479. The molecule has 3 N–H and O–H groups in total. The number of carbonyl (C=O) groups excluding carboxylic acids is 1. The lowest BCUT2D eigenvalue weighted by molar-refractivity contribution is -0.140. The van der Waals surface area contributed by atoms with Gasteiger partial charge in [0.15, 0.2) is 0 Å². The summed E-state index contributed by atoms with van der Waals surface area (Å²) in [5.41, 5.74) is 4.88. The average Bonchev–Trinajstić information content (AvgIpc) is 2.20. The standard InChI is InChI=1S/C10H9F4N3O/c1-5-2-6(4-16-17-9(15)18)8(11)7(3-5)10(12,13)14/h2-4H,1H3,(H3,15,17,18). The summed E-state index contributed by atoms with van der Waals surface area (Å²) in [6.45, 7) is 1.38. The van der Waals surface area contributed by atoms with Gasteiger partial charge in [-0.25, -0.2) is 14.6 Å². The molecular formula is C10H9F4N3O.